The highest BCUT2D eigenvalue weighted by Gasteiger charge is 2.31. The van der Waals surface area contributed by atoms with Crippen LogP contribution in [0.3, 0.4) is 0 Å². The molecule has 0 aromatic heterocycles. The lowest BCUT2D eigenvalue weighted by molar-refractivity contribution is -0.157. The van der Waals surface area contributed by atoms with Gasteiger partial charge in [0.15, 0.2) is 6.10 Å². The smallest absolute Gasteiger partial charge is 0.337 e. The Bertz CT molecular complexity index is 415. The Balaban J connectivity index is 3.12. The summed E-state index contributed by atoms with van der Waals surface area (Å²) in [5, 5.41) is 18.5. The van der Waals surface area contributed by atoms with E-state index in [1.165, 1.54) is 0 Å². The van der Waals surface area contributed by atoms with Gasteiger partial charge >= 0.3 is 5.97 Å². The van der Waals surface area contributed by atoms with Crippen molar-refractivity contribution in [3.8, 4) is 0 Å². The molecule has 1 rings (SSSR count). The summed E-state index contributed by atoms with van der Waals surface area (Å²) in [6.07, 6.45) is -4.15. The Morgan fingerprint density at radius 2 is 1.82 bits per heavy atom. The van der Waals surface area contributed by atoms with E-state index in [2.05, 4.69) is 4.74 Å². The number of methoxy groups -OCH3 is 1. The van der Waals surface area contributed by atoms with Gasteiger partial charge in [-0.3, -0.25) is 0 Å². The highest BCUT2D eigenvalue weighted by molar-refractivity contribution is 6.30. The van der Waals surface area contributed by atoms with E-state index in [1.54, 1.807) is 0 Å². The number of rotatable bonds is 3. The van der Waals surface area contributed by atoms with Crippen molar-refractivity contribution in [1.29, 1.82) is 0 Å². The van der Waals surface area contributed by atoms with Crippen molar-refractivity contribution in [2.75, 3.05) is 7.11 Å². The third kappa shape index (κ3) is 2.91. The maximum atomic E-state index is 13.3. The van der Waals surface area contributed by atoms with Crippen molar-refractivity contribution in [1.82, 2.24) is 0 Å². The molecule has 0 saturated carbocycles. The number of hydrogen-bond acceptors (Lipinski definition) is 4. The van der Waals surface area contributed by atoms with Gasteiger partial charge in [-0.1, -0.05) is 11.6 Å². The van der Waals surface area contributed by atoms with Gasteiger partial charge in [0.2, 0.25) is 0 Å². The van der Waals surface area contributed by atoms with Crippen molar-refractivity contribution >= 4 is 17.6 Å². The highest BCUT2D eigenvalue weighted by Crippen LogP contribution is 2.26. The summed E-state index contributed by atoms with van der Waals surface area (Å²) in [4.78, 5) is 10.9. The van der Waals surface area contributed by atoms with E-state index >= 15 is 0 Å². The van der Waals surface area contributed by atoms with Gasteiger partial charge in [-0.25, -0.2) is 13.6 Å². The van der Waals surface area contributed by atoms with Crippen molar-refractivity contribution in [3.05, 3.63) is 34.4 Å². The lowest BCUT2D eigenvalue weighted by atomic mass is 10.0. The summed E-state index contributed by atoms with van der Waals surface area (Å²) >= 11 is 5.38. The minimum Gasteiger partial charge on any atom is -0.467 e. The third-order valence-corrected chi connectivity index (χ3v) is 2.30. The molecule has 0 spiro atoms. The number of hydrogen-bond donors (Lipinski definition) is 2. The molecule has 1 aromatic carbocycles. The number of carbonyl (C=O) groups is 1. The fourth-order valence-corrected chi connectivity index (χ4v) is 1.44. The first-order chi connectivity index (χ1) is 7.88. The maximum Gasteiger partial charge on any atom is 0.337 e. The quantitative estimate of drug-likeness (QED) is 0.807. The molecule has 0 aliphatic rings. The second-order valence-corrected chi connectivity index (χ2v) is 3.63. The van der Waals surface area contributed by atoms with Crippen molar-refractivity contribution in [3.63, 3.8) is 0 Å². The zero-order valence-corrected chi connectivity index (χ0v) is 9.41. The Labute approximate surface area is 100 Å². The van der Waals surface area contributed by atoms with Gasteiger partial charge in [0.1, 0.15) is 17.7 Å². The van der Waals surface area contributed by atoms with Gasteiger partial charge in [0, 0.05) is 5.02 Å². The van der Waals surface area contributed by atoms with E-state index in [0.717, 1.165) is 19.2 Å². The van der Waals surface area contributed by atoms with Crippen LogP contribution in [0.15, 0.2) is 12.1 Å². The van der Waals surface area contributed by atoms with E-state index in [0.29, 0.717) is 0 Å². The Hall–Kier alpha value is -1.24. The first-order valence-electron chi connectivity index (χ1n) is 4.47. The molecule has 0 aliphatic carbocycles. The molecule has 0 amide bonds. The number of aliphatic hydroxyl groups is 2. The summed E-state index contributed by atoms with van der Waals surface area (Å²) in [7, 11) is 0.965. The molecule has 1 aromatic rings. The van der Waals surface area contributed by atoms with E-state index in [1.807, 2.05) is 0 Å². The first-order valence-corrected chi connectivity index (χ1v) is 4.84. The van der Waals surface area contributed by atoms with Crippen LogP contribution in [-0.4, -0.2) is 29.4 Å². The van der Waals surface area contributed by atoms with Crippen LogP contribution in [0.25, 0.3) is 0 Å². The van der Waals surface area contributed by atoms with Crippen LogP contribution in [-0.2, 0) is 9.53 Å². The number of esters is 1. The molecule has 0 heterocycles. The molecule has 0 radical (unpaired) electrons. The molecule has 0 saturated heterocycles. The largest absolute Gasteiger partial charge is 0.467 e. The van der Waals surface area contributed by atoms with Gasteiger partial charge in [0.05, 0.1) is 12.7 Å². The van der Waals surface area contributed by atoms with Crippen LogP contribution in [0.1, 0.15) is 11.7 Å². The molecule has 7 heteroatoms. The number of benzene rings is 1. The zero-order valence-electron chi connectivity index (χ0n) is 8.65. The molecule has 0 aliphatic heterocycles. The van der Waals surface area contributed by atoms with E-state index in [9.17, 15) is 23.8 Å². The molecule has 2 atom stereocenters. The summed E-state index contributed by atoms with van der Waals surface area (Å²) in [6, 6.07) is 1.51. The third-order valence-electron chi connectivity index (χ3n) is 2.08. The summed E-state index contributed by atoms with van der Waals surface area (Å²) < 4.78 is 30.8. The molecule has 4 nitrogen and oxygen atoms in total. The fourth-order valence-electron chi connectivity index (χ4n) is 1.24. The molecule has 0 bridgehead atoms. The van der Waals surface area contributed by atoms with Gasteiger partial charge in [-0.05, 0) is 12.1 Å². The SMILES string of the molecule is COC(=O)C(O)C(O)c1c(F)cc(Cl)cc1F. The molecular formula is C10H9ClF2O4. The summed E-state index contributed by atoms with van der Waals surface area (Å²) in [6.45, 7) is 0. The average molecular weight is 267 g/mol. The fraction of sp³-hybridized carbons (Fsp3) is 0.300. The number of aliphatic hydroxyl groups excluding tert-OH is 2. The first kappa shape index (κ1) is 13.8. The molecule has 2 N–H and O–H groups in total. The Kier molecular flexibility index (Phi) is 4.39. The topological polar surface area (TPSA) is 66.8 Å². The van der Waals surface area contributed by atoms with Crippen LogP contribution >= 0.6 is 11.6 Å². The van der Waals surface area contributed by atoms with Crippen LogP contribution in [0.5, 0.6) is 0 Å². The standard InChI is InChI=1S/C10H9ClF2O4/c1-17-10(16)9(15)8(14)7-5(12)2-4(11)3-6(7)13/h2-3,8-9,14-15H,1H3. The lowest BCUT2D eigenvalue weighted by Crippen LogP contribution is -2.30. The minimum absolute atomic E-state index is 0.205. The minimum atomic E-state index is -2.08. The van der Waals surface area contributed by atoms with Gasteiger partial charge < -0.3 is 14.9 Å². The summed E-state index contributed by atoms with van der Waals surface area (Å²) in [5.41, 5.74) is -0.840. The van der Waals surface area contributed by atoms with Gasteiger partial charge in [-0.15, -0.1) is 0 Å². The lowest BCUT2D eigenvalue weighted by Gasteiger charge is -2.17. The van der Waals surface area contributed by atoms with Gasteiger partial charge in [0.25, 0.3) is 0 Å². The van der Waals surface area contributed by atoms with E-state index < -0.39 is 35.4 Å². The normalized spacial score (nSPS) is 14.2. The Morgan fingerprint density at radius 3 is 2.24 bits per heavy atom. The summed E-state index contributed by atoms with van der Waals surface area (Å²) in [5.74, 6) is -3.53. The van der Waals surface area contributed by atoms with Crippen molar-refractivity contribution < 1.29 is 28.5 Å². The molecular weight excluding hydrogens is 258 g/mol. The maximum absolute atomic E-state index is 13.3. The molecule has 2 unspecified atom stereocenters. The van der Waals surface area contributed by atoms with Crippen molar-refractivity contribution in [2.45, 2.75) is 12.2 Å². The van der Waals surface area contributed by atoms with Crippen LogP contribution in [0.4, 0.5) is 8.78 Å². The monoisotopic (exact) mass is 266 g/mol. The predicted octanol–water partition coefficient (Wildman–Crippen LogP) is 1.19. The van der Waals surface area contributed by atoms with Crippen molar-refractivity contribution in [2.24, 2.45) is 0 Å². The second-order valence-electron chi connectivity index (χ2n) is 3.20. The highest BCUT2D eigenvalue weighted by atomic mass is 35.5. The van der Waals surface area contributed by atoms with Crippen LogP contribution in [0.2, 0.25) is 5.02 Å². The van der Waals surface area contributed by atoms with E-state index in [-0.39, 0.29) is 5.02 Å². The number of ether oxygens (including phenoxy) is 1. The number of halogens is 3. The number of carbonyl (C=O) groups excluding carboxylic acids is 1. The van der Waals surface area contributed by atoms with Crippen LogP contribution < -0.4 is 0 Å². The average Bonchev–Trinajstić information content (AvgIpc) is 2.25. The van der Waals surface area contributed by atoms with E-state index in [4.69, 9.17) is 11.6 Å². The predicted molar refractivity (Wildman–Crippen MR) is 54.4 cm³/mol. The molecule has 94 valence electrons. The van der Waals surface area contributed by atoms with Crippen LogP contribution in [0, 0.1) is 11.6 Å². The Morgan fingerprint density at radius 1 is 1.35 bits per heavy atom. The van der Waals surface area contributed by atoms with Gasteiger partial charge in [-0.2, -0.15) is 0 Å². The molecule has 17 heavy (non-hydrogen) atoms. The molecule has 0 fully saturated rings. The second kappa shape index (κ2) is 5.39. The zero-order chi connectivity index (χ0) is 13.2.